The molecule has 74 valence electrons. The summed E-state index contributed by atoms with van der Waals surface area (Å²) < 4.78 is 0. The van der Waals surface area contributed by atoms with Gasteiger partial charge in [0, 0.05) is 6.61 Å². The highest BCUT2D eigenvalue weighted by molar-refractivity contribution is 6.92. The van der Waals surface area contributed by atoms with Crippen molar-refractivity contribution in [3.05, 3.63) is 0 Å². The molecule has 0 aliphatic heterocycles. The molecule has 0 amide bonds. The van der Waals surface area contributed by atoms with Gasteiger partial charge >= 0.3 is 5.97 Å². The standard InChI is InChI=1S/C7H15NO3.H3P/c1-2-4-8-6(3-5-9)7(10)11;/h6,8-9H,2-5H2,1H3,(H,10,11);1H3/t6-;/m0./s1. The molecule has 0 aromatic rings. The molecule has 0 fully saturated rings. The number of hydrogen-bond acceptors (Lipinski definition) is 3. The van der Waals surface area contributed by atoms with Gasteiger partial charge in [-0.25, -0.2) is 0 Å². The zero-order chi connectivity index (χ0) is 8.69. The highest BCUT2D eigenvalue weighted by Crippen LogP contribution is 1.90. The van der Waals surface area contributed by atoms with E-state index in [1.165, 1.54) is 0 Å². The number of aliphatic carboxylic acids is 1. The van der Waals surface area contributed by atoms with E-state index in [9.17, 15) is 4.79 Å². The predicted molar refractivity (Wildman–Crippen MR) is 52.5 cm³/mol. The fourth-order valence-corrected chi connectivity index (χ4v) is 0.761. The Morgan fingerprint density at radius 2 is 2.17 bits per heavy atom. The van der Waals surface area contributed by atoms with Crippen LogP contribution in [-0.2, 0) is 4.79 Å². The summed E-state index contributed by atoms with van der Waals surface area (Å²) in [6, 6.07) is -0.597. The number of carbonyl (C=O) groups is 1. The SMILES string of the molecule is CCCN[C@@H](CCO)C(=O)O.P. The molecule has 2 atom stereocenters. The molecule has 0 aromatic carbocycles. The first-order valence-corrected chi connectivity index (χ1v) is 3.79. The van der Waals surface area contributed by atoms with Crippen LogP contribution in [-0.4, -0.2) is 35.4 Å². The number of aliphatic hydroxyl groups excluding tert-OH is 1. The first-order chi connectivity index (χ1) is 5.22. The summed E-state index contributed by atoms with van der Waals surface area (Å²) in [5, 5.41) is 19.8. The van der Waals surface area contributed by atoms with Crippen LogP contribution in [0, 0.1) is 0 Å². The summed E-state index contributed by atoms with van der Waals surface area (Å²) >= 11 is 0. The van der Waals surface area contributed by atoms with Crippen LogP contribution in [0.1, 0.15) is 19.8 Å². The third-order valence-electron chi connectivity index (χ3n) is 1.36. The molecule has 0 spiro atoms. The summed E-state index contributed by atoms with van der Waals surface area (Å²) in [6.45, 7) is 2.55. The van der Waals surface area contributed by atoms with Gasteiger partial charge in [0.25, 0.3) is 0 Å². The highest BCUT2D eigenvalue weighted by atomic mass is 31.0. The molecule has 5 heteroatoms. The zero-order valence-corrected chi connectivity index (χ0v) is 8.83. The van der Waals surface area contributed by atoms with Crippen LogP contribution in [0.25, 0.3) is 0 Å². The Bertz CT molecular complexity index is 121. The van der Waals surface area contributed by atoms with Crippen LogP contribution in [0.2, 0.25) is 0 Å². The Kier molecular flexibility index (Phi) is 10.7. The molecule has 4 nitrogen and oxygen atoms in total. The van der Waals surface area contributed by atoms with Crippen molar-refractivity contribution in [1.82, 2.24) is 5.32 Å². The second-order valence-corrected chi connectivity index (χ2v) is 2.36. The molecule has 0 saturated heterocycles. The lowest BCUT2D eigenvalue weighted by Crippen LogP contribution is -2.37. The lowest BCUT2D eigenvalue weighted by atomic mass is 10.2. The van der Waals surface area contributed by atoms with Gasteiger partial charge in [0.15, 0.2) is 0 Å². The van der Waals surface area contributed by atoms with Gasteiger partial charge in [0.1, 0.15) is 6.04 Å². The van der Waals surface area contributed by atoms with Gasteiger partial charge in [-0.05, 0) is 19.4 Å². The zero-order valence-electron chi connectivity index (χ0n) is 7.42. The second-order valence-electron chi connectivity index (χ2n) is 2.36. The van der Waals surface area contributed by atoms with E-state index >= 15 is 0 Å². The number of hydrogen-bond donors (Lipinski definition) is 3. The molecule has 0 aliphatic carbocycles. The Balaban J connectivity index is 0. The van der Waals surface area contributed by atoms with E-state index in [-0.39, 0.29) is 22.9 Å². The largest absolute Gasteiger partial charge is 0.480 e. The van der Waals surface area contributed by atoms with Crippen LogP contribution in [0.15, 0.2) is 0 Å². The van der Waals surface area contributed by atoms with Crippen LogP contribution in [0.3, 0.4) is 0 Å². The second kappa shape index (κ2) is 8.91. The maximum atomic E-state index is 10.4. The third-order valence-corrected chi connectivity index (χ3v) is 1.36. The Hall–Kier alpha value is -0.180. The van der Waals surface area contributed by atoms with Crippen LogP contribution < -0.4 is 5.32 Å². The topological polar surface area (TPSA) is 69.6 Å². The van der Waals surface area contributed by atoms with Crippen molar-refractivity contribution in [3.8, 4) is 0 Å². The average Bonchev–Trinajstić information content (AvgIpc) is 1.97. The predicted octanol–water partition coefficient (Wildman–Crippen LogP) is -0.120. The van der Waals surface area contributed by atoms with Crippen molar-refractivity contribution in [2.75, 3.05) is 13.2 Å². The monoisotopic (exact) mass is 195 g/mol. The molecule has 0 radical (unpaired) electrons. The number of carboxylic acids is 1. The molecule has 0 rings (SSSR count). The Morgan fingerprint density at radius 1 is 1.58 bits per heavy atom. The van der Waals surface area contributed by atoms with Crippen LogP contribution in [0.5, 0.6) is 0 Å². The molecular weight excluding hydrogens is 177 g/mol. The maximum Gasteiger partial charge on any atom is 0.320 e. The van der Waals surface area contributed by atoms with Gasteiger partial charge < -0.3 is 15.5 Å². The molecule has 3 N–H and O–H groups in total. The van der Waals surface area contributed by atoms with E-state index < -0.39 is 12.0 Å². The minimum absolute atomic E-state index is 0. The molecule has 0 aromatic heterocycles. The molecule has 0 saturated carbocycles. The lowest BCUT2D eigenvalue weighted by molar-refractivity contribution is -0.139. The van der Waals surface area contributed by atoms with E-state index in [1.807, 2.05) is 6.92 Å². The van der Waals surface area contributed by atoms with E-state index in [0.717, 1.165) is 6.42 Å². The van der Waals surface area contributed by atoms with Gasteiger partial charge in [-0.3, -0.25) is 4.79 Å². The maximum absolute atomic E-state index is 10.4. The fraction of sp³-hybridized carbons (Fsp3) is 0.857. The molecular formula is C7H18NO3P. The summed E-state index contributed by atoms with van der Waals surface area (Å²) in [5.74, 6) is -0.896. The summed E-state index contributed by atoms with van der Waals surface area (Å²) in [6.07, 6.45) is 1.17. The Labute approximate surface area is 76.0 Å². The average molecular weight is 195 g/mol. The van der Waals surface area contributed by atoms with Gasteiger partial charge in [-0.2, -0.15) is 9.90 Å². The quantitative estimate of drug-likeness (QED) is 0.517. The summed E-state index contributed by atoms with van der Waals surface area (Å²) in [4.78, 5) is 10.4. The first-order valence-electron chi connectivity index (χ1n) is 3.79. The van der Waals surface area contributed by atoms with Gasteiger partial charge in [-0.1, -0.05) is 6.92 Å². The van der Waals surface area contributed by atoms with Crippen molar-refractivity contribution in [2.24, 2.45) is 0 Å². The number of rotatable bonds is 6. The molecule has 12 heavy (non-hydrogen) atoms. The van der Waals surface area contributed by atoms with Gasteiger partial charge in [0.05, 0.1) is 0 Å². The summed E-state index contributed by atoms with van der Waals surface area (Å²) in [5.41, 5.74) is 0. The smallest absolute Gasteiger partial charge is 0.320 e. The van der Waals surface area contributed by atoms with Crippen molar-refractivity contribution < 1.29 is 15.0 Å². The molecule has 1 unspecified atom stereocenters. The van der Waals surface area contributed by atoms with Crippen molar-refractivity contribution in [1.29, 1.82) is 0 Å². The minimum atomic E-state index is -0.896. The van der Waals surface area contributed by atoms with Crippen molar-refractivity contribution in [2.45, 2.75) is 25.8 Å². The normalized spacial score (nSPS) is 11.8. The number of aliphatic hydroxyl groups is 1. The molecule has 0 aliphatic rings. The fourth-order valence-electron chi connectivity index (χ4n) is 0.761. The first kappa shape index (κ1) is 14.3. The van der Waals surface area contributed by atoms with E-state index in [0.29, 0.717) is 6.54 Å². The van der Waals surface area contributed by atoms with Crippen LogP contribution >= 0.6 is 9.90 Å². The molecule has 0 bridgehead atoms. The Morgan fingerprint density at radius 3 is 2.50 bits per heavy atom. The van der Waals surface area contributed by atoms with E-state index in [1.54, 1.807) is 0 Å². The van der Waals surface area contributed by atoms with Gasteiger partial charge in [-0.15, -0.1) is 0 Å². The minimum Gasteiger partial charge on any atom is -0.480 e. The highest BCUT2D eigenvalue weighted by Gasteiger charge is 2.14. The van der Waals surface area contributed by atoms with Crippen LogP contribution in [0.4, 0.5) is 0 Å². The van der Waals surface area contributed by atoms with E-state index in [2.05, 4.69) is 5.32 Å². The lowest BCUT2D eigenvalue weighted by Gasteiger charge is -2.11. The summed E-state index contributed by atoms with van der Waals surface area (Å²) in [7, 11) is 0. The third kappa shape index (κ3) is 6.53. The number of nitrogens with one attached hydrogen (secondary N) is 1. The number of carboxylic acid groups (broad SMARTS) is 1. The van der Waals surface area contributed by atoms with E-state index in [4.69, 9.17) is 10.2 Å². The molecule has 0 heterocycles. The van der Waals surface area contributed by atoms with Crippen molar-refractivity contribution >= 4 is 15.9 Å². The van der Waals surface area contributed by atoms with Gasteiger partial charge in [0.2, 0.25) is 0 Å². The van der Waals surface area contributed by atoms with Crippen molar-refractivity contribution in [3.63, 3.8) is 0 Å².